The van der Waals surface area contributed by atoms with E-state index in [2.05, 4.69) is 15.0 Å². The molecule has 0 saturated carbocycles. The van der Waals surface area contributed by atoms with Gasteiger partial charge in [0.05, 0.1) is 22.9 Å². The second-order valence-corrected chi connectivity index (χ2v) is 9.37. The summed E-state index contributed by atoms with van der Waals surface area (Å²) < 4.78 is 32.1. The Kier molecular flexibility index (Phi) is 6.31. The van der Waals surface area contributed by atoms with Crippen LogP contribution >= 0.6 is 0 Å². The number of ether oxygens (including phenoxy) is 1. The van der Waals surface area contributed by atoms with E-state index in [0.29, 0.717) is 34.7 Å². The summed E-state index contributed by atoms with van der Waals surface area (Å²) in [6, 6.07) is 5.07. The number of aromatic nitrogens is 4. The fraction of sp³-hybridized carbons (Fsp3) is 0.333. The Bertz CT molecular complexity index is 1210. The van der Waals surface area contributed by atoms with Crippen molar-refractivity contribution in [1.82, 2.24) is 19.5 Å². The van der Waals surface area contributed by atoms with Gasteiger partial charge in [-0.05, 0) is 38.5 Å². The lowest BCUT2D eigenvalue weighted by Crippen LogP contribution is -2.18. The van der Waals surface area contributed by atoms with Crippen molar-refractivity contribution in [3.63, 3.8) is 0 Å². The van der Waals surface area contributed by atoms with Gasteiger partial charge in [-0.2, -0.15) is 9.97 Å². The molecular formula is C21H24N4O4S. The van der Waals surface area contributed by atoms with E-state index in [1.165, 1.54) is 4.57 Å². The minimum absolute atomic E-state index is 0.0370. The van der Waals surface area contributed by atoms with E-state index < -0.39 is 9.84 Å². The lowest BCUT2D eigenvalue weighted by molar-refractivity contribution is 0.437. The van der Waals surface area contributed by atoms with E-state index in [0.717, 1.165) is 5.56 Å². The minimum Gasteiger partial charge on any atom is -0.424 e. The molecule has 0 aliphatic rings. The van der Waals surface area contributed by atoms with E-state index in [1.807, 2.05) is 13.8 Å². The van der Waals surface area contributed by atoms with Gasteiger partial charge in [-0.1, -0.05) is 6.92 Å². The topological polar surface area (TPSA) is 104 Å². The van der Waals surface area contributed by atoms with Crippen LogP contribution in [0.4, 0.5) is 0 Å². The Morgan fingerprint density at radius 1 is 1.13 bits per heavy atom. The molecule has 0 spiro atoms. The summed E-state index contributed by atoms with van der Waals surface area (Å²) >= 11 is 0. The van der Waals surface area contributed by atoms with Gasteiger partial charge in [0, 0.05) is 42.3 Å². The number of hydrogen-bond donors (Lipinski definition) is 0. The Morgan fingerprint density at radius 3 is 2.57 bits per heavy atom. The maximum atomic E-state index is 12.4. The smallest absolute Gasteiger partial charge is 0.322 e. The van der Waals surface area contributed by atoms with Crippen molar-refractivity contribution < 1.29 is 13.2 Å². The van der Waals surface area contributed by atoms with Gasteiger partial charge in [-0.15, -0.1) is 0 Å². The van der Waals surface area contributed by atoms with Crippen LogP contribution in [0.25, 0.3) is 11.3 Å². The maximum Gasteiger partial charge on any atom is 0.322 e. The molecule has 0 fully saturated rings. The summed E-state index contributed by atoms with van der Waals surface area (Å²) in [7, 11) is -1.66. The Labute approximate surface area is 175 Å². The van der Waals surface area contributed by atoms with Crippen LogP contribution in [0.5, 0.6) is 11.8 Å². The molecule has 0 atom stereocenters. The lowest BCUT2D eigenvalue weighted by Gasteiger charge is -2.12. The van der Waals surface area contributed by atoms with Crippen molar-refractivity contribution in [2.24, 2.45) is 7.05 Å². The first-order valence-corrected chi connectivity index (χ1v) is 11.3. The molecule has 0 aliphatic heterocycles. The number of pyridine rings is 2. The average Bonchev–Trinajstić information content (AvgIpc) is 2.67. The van der Waals surface area contributed by atoms with Crippen molar-refractivity contribution in [3.8, 4) is 23.0 Å². The summed E-state index contributed by atoms with van der Waals surface area (Å²) in [5.41, 5.74) is 2.73. The lowest BCUT2D eigenvalue weighted by atomic mass is 10.1. The van der Waals surface area contributed by atoms with Gasteiger partial charge in [0.15, 0.2) is 9.84 Å². The fourth-order valence-corrected chi connectivity index (χ4v) is 4.41. The molecule has 0 bridgehead atoms. The van der Waals surface area contributed by atoms with Crippen LogP contribution in [0.15, 0.2) is 41.6 Å². The van der Waals surface area contributed by atoms with Gasteiger partial charge >= 0.3 is 6.01 Å². The highest BCUT2D eigenvalue weighted by atomic mass is 32.2. The highest BCUT2D eigenvalue weighted by Gasteiger charge is 2.17. The Balaban J connectivity index is 2.10. The third-order valence-corrected chi connectivity index (χ3v) is 6.24. The Hall–Kier alpha value is -3.07. The van der Waals surface area contributed by atoms with Crippen LogP contribution in [0.2, 0.25) is 0 Å². The van der Waals surface area contributed by atoms with Crippen molar-refractivity contribution in [3.05, 3.63) is 64.0 Å². The van der Waals surface area contributed by atoms with Crippen molar-refractivity contribution in [2.75, 3.05) is 5.75 Å². The van der Waals surface area contributed by atoms with Gasteiger partial charge in [0.1, 0.15) is 5.75 Å². The SMILES string of the molecule is CCCS(=O)(=O)Cc1cc(-c2cc(C)c(=O)n(C)c2)nc(Oc2ccncc2C)n1. The van der Waals surface area contributed by atoms with Crippen LogP contribution in [0, 0.1) is 13.8 Å². The average molecular weight is 429 g/mol. The summed E-state index contributed by atoms with van der Waals surface area (Å²) in [6.45, 7) is 5.38. The van der Waals surface area contributed by atoms with Crippen LogP contribution in [0.1, 0.15) is 30.2 Å². The molecule has 3 heterocycles. The zero-order valence-electron chi connectivity index (χ0n) is 17.4. The summed E-state index contributed by atoms with van der Waals surface area (Å²) in [5.74, 6) is 0.388. The van der Waals surface area contributed by atoms with E-state index in [1.54, 1.807) is 50.8 Å². The number of nitrogens with zero attached hydrogens (tertiary/aromatic N) is 4. The highest BCUT2D eigenvalue weighted by molar-refractivity contribution is 7.90. The van der Waals surface area contributed by atoms with Gasteiger partial charge in [0.2, 0.25) is 0 Å². The minimum atomic E-state index is -3.32. The molecule has 0 aliphatic carbocycles. The molecule has 158 valence electrons. The Morgan fingerprint density at radius 2 is 1.90 bits per heavy atom. The van der Waals surface area contributed by atoms with Crippen molar-refractivity contribution in [1.29, 1.82) is 0 Å². The zero-order valence-corrected chi connectivity index (χ0v) is 18.2. The molecule has 3 aromatic heterocycles. The maximum absolute atomic E-state index is 12.4. The van der Waals surface area contributed by atoms with E-state index in [4.69, 9.17) is 4.74 Å². The first kappa shape index (κ1) is 21.6. The predicted molar refractivity (Wildman–Crippen MR) is 114 cm³/mol. The molecule has 0 aromatic carbocycles. The van der Waals surface area contributed by atoms with Crippen molar-refractivity contribution >= 4 is 9.84 Å². The summed E-state index contributed by atoms with van der Waals surface area (Å²) in [5, 5.41) is 0. The predicted octanol–water partition coefficient (Wildman–Crippen LogP) is 2.97. The van der Waals surface area contributed by atoms with E-state index in [9.17, 15) is 13.2 Å². The van der Waals surface area contributed by atoms with Crippen LogP contribution in [-0.4, -0.2) is 33.7 Å². The van der Waals surface area contributed by atoms with Gasteiger partial charge < -0.3 is 9.30 Å². The molecule has 0 amide bonds. The van der Waals surface area contributed by atoms with Gasteiger partial charge in [-0.3, -0.25) is 9.78 Å². The molecule has 0 saturated heterocycles. The number of aryl methyl sites for hydroxylation is 3. The van der Waals surface area contributed by atoms with Crippen molar-refractivity contribution in [2.45, 2.75) is 32.9 Å². The third kappa shape index (κ3) is 5.10. The van der Waals surface area contributed by atoms with E-state index >= 15 is 0 Å². The third-order valence-electron chi connectivity index (χ3n) is 4.47. The number of hydrogen-bond acceptors (Lipinski definition) is 7. The molecule has 0 N–H and O–H groups in total. The number of rotatable bonds is 7. The van der Waals surface area contributed by atoms with Gasteiger partial charge in [-0.25, -0.2) is 8.42 Å². The second kappa shape index (κ2) is 8.74. The summed E-state index contributed by atoms with van der Waals surface area (Å²) in [4.78, 5) is 24.9. The normalized spacial score (nSPS) is 11.5. The molecule has 3 rings (SSSR count). The van der Waals surface area contributed by atoms with Crippen LogP contribution in [-0.2, 0) is 22.6 Å². The van der Waals surface area contributed by atoms with Crippen LogP contribution in [0.3, 0.4) is 0 Å². The molecule has 0 unspecified atom stereocenters. The monoisotopic (exact) mass is 428 g/mol. The fourth-order valence-electron chi connectivity index (χ4n) is 3.04. The first-order chi connectivity index (χ1) is 14.2. The molecule has 8 nitrogen and oxygen atoms in total. The first-order valence-electron chi connectivity index (χ1n) is 9.53. The zero-order chi connectivity index (χ0) is 21.9. The molecule has 0 radical (unpaired) electrons. The summed E-state index contributed by atoms with van der Waals surface area (Å²) in [6.07, 6.45) is 5.43. The highest BCUT2D eigenvalue weighted by Crippen LogP contribution is 2.26. The van der Waals surface area contributed by atoms with Crippen LogP contribution < -0.4 is 10.3 Å². The molecule has 3 aromatic rings. The van der Waals surface area contributed by atoms with E-state index in [-0.39, 0.29) is 23.1 Å². The standard InChI is InChI=1S/C21H24N4O4S/c1-5-8-30(27,28)13-17-10-18(16-9-14(2)20(26)25(4)12-16)24-21(23-17)29-19-6-7-22-11-15(19)3/h6-7,9-12H,5,8,13H2,1-4H3. The second-order valence-electron chi connectivity index (χ2n) is 7.19. The number of sulfone groups is 1. The molecule has 9 heteroatoms. The quantitative estimate of drug-likeness (QED) is 0.570. The van der Waals surface area contributed by atoms with Gasteiger partial charge in [0.25, 0.3) is 5.56 Å². The molecule has 30 heavy (non-hydrogen) atoms. The largest absolute Gasteiger partial charge is 0.424 e. The molecular weight excluding hydrogens is 404 g/mol.